The molecule has 1 N–H and O–H groups in total. The molecular formula is C21H32N4O2. The number of benzene rings is 1. The van der Waals surface area contributed by atoms with Crippen molar-refractivity contribution in [3.8, 4) is 0 Å². The Hall–Kier alpha value is -2.08. The number of amides is 1. The van der Waals surface area contributed by atoms with Gasteiger partial charge >= 0.3 is 0 Å². The lowest BCUT2D eigenvalue weighted by molar-refractivity contribution is -0.125. The van der Waals surface area contributed by atoms with E-state index in [1.54, 1.807) is 7.11 Å². The Morgan fingerprint density at radius 1 is 1.33 bits per heavy atom. The fourth-order valence-electron chi connectivity index (χ4n) is 3.79. The predicted molar refractivity (Wildman–Crippen MR) is 109 cm³/mol. The van der Waals surface area contributed by atoms with Gasteiger partial charge in [0.25, 0.3) is 0 Å². The molecule has 1 saturated heterocycles. The number of aryl methyl sites for hydroxylation is 1. The molecule has 0 spiro atoms. The largest absolute Gasteiger partial charge is 0.385 e. The minimum absolute atomic E-state index is 0.0285. The van der Waals surface area contributed by atoms with E-state index in [0.29, 0.717) is 13.2 Å². The second-order valence-corrected chi connectivity index (χ2v) is 7.33. The lowest BCUT2D eigenvalue weighted by atomic mass is 9.97. The number of carbonyl (C=O) groups is 1. The first-order chi connectivity index (χ1) is 13.2. The Balaban J connectivity index is 1.72. The Bertz CT molecular complexity index is 743. The minimum atomic E-state index is 0.0285. The highest BCUT2D eigenvalue weighted by Crippen LogP contribution is 2.27. The molecule has 2 heterocycles. The lowest BCUT2D eigenvalue weighted by Gasteiger charge is -2.33. The van der Waals surface area contributed by atoms with Crippen molar-refractivity contribution in [3.05, 3.63) is 24.3 Å². The summed E-state index contributed by atoms with van der Waals surface area (Å²) >= 11 is 0. The topological polar surface area (TPSA) is 59.4 Å². The van der Waals surface area contributed by atoms with Gasteiger partial charge in [-0.3, -0.25) is 4.79 Å². The van der Waals surface area contributed by atoms with E-state index in [9.17, 15) is 4.79 Å². The summed E-state index contributed by atoms with van der Waals surface area (Å²) in [6, 6.07) is 8.33. The monoisotopic (exact) mass is 372 g/mol. The fourth-order valence-corrected chi connectivity index (χ4v) is 3.79. The standard InChI is InChI=1S/C21H32N4O2/c1-3-4-14-25-19-11-6-5-10-18(19)23-21(25)24-13-7-9-17(16-24)20(26)22-12-8-15-27-2/h5-6,10-11,17H,3-4,7-9,12-16H2,1-2H3,(H,22,26)/t17-/m0/s1. The van der Waals surface area contributed by atoms with Crippen LogP contribution in [0, 0.1) is 5.92 Å². The summed E-state index contributed by atoms with van der Waals surface area (Å²) in [6.07, 6.45) is 5.10. The number of fused-ring (bicyclic) bond motifs is 1. The third-order valence-electron chi connectivity index (χ3n) is 5.27. The number of nitrogens with zero attached hydrogens (tertiary/aromatic N) is 3. The lowest BCUT2D eigenvalue weighted by Crippen LogP contribution is -2.44. The minimum Gasteiger partial charge on any atom is -0.385 e. The van der Waals surface area contributed by atoms with Crippen molar-refractivity contribution in [2.75, 3.05) is 38.3 Å². The molecule has 0 saturated carbocycles. The van der Waals surface area contributed by atoms with Crippen LogP contribution in [-0.2, 0) is 16.1 Å². The Labute approximate surface area is 161 Å². The predicted octanol–water partition coefficient (Wildman–Crippen LogP) is 3.21. The molecule has 2 aromatic rings. The van der Waals surface area contributed by atoms with Crippen molar-refractivity contribution < 1.29 is 9.53 Å². The highest BCUT2D eigenvalue weighted by molar-refractivity contribution is 5.81. The van der Waals surface area contributed by atoms with E-state index in [1.165, 1.54) is 5.52 Å². The molecule has 1 aromatic carbocycles. The van der Waals surface area contributed by atoms with Crippen LogP contribution >= 0.6 is 0 Å². The highest BCUT2D eigenvalue weighted by atomic mass is 16.5. The molecule has 6 heteroatoms. The molecule has 6 nitrogen and oxygen atoms in total. The summed E-state index contributed by atoms with van der Waals surface area (Å²) in [6.45, 7) is 6.24. The van der Waals surface area contributed by atoms with Crippen molar-refractivity contribution in [2.45, 2.75) is 45.6 Å². The summed E-state index contributed by atoms with van der Waals surface area (Å²) in [5, 5.41) is 3.06. The van der Waals surface area contributed by atoms with E-state index in [4.69, 9.17) is 9.72 Å². The first-order valence-corrected chi connectivity index (χ1v) is 10.2. The number of carbonyl (C=O) groups excluding carboxylic acids is 1. The summed E-state index contributed by atoms with van der Waals surface area (Å²) in [5.74, 6) is 1.20. The number of unbranched alkanes of at least 4 members (excludes halogenated alkanes) is 1. The van der Waals surface area contributed by atoms with Crippen molar-refractivity contribution in [3.63, 3.8) is 0 Å². The van der Waals surface area contributed by atoms with Crippen LogP contribution in [0.2, 0.25) is 0 Å². The van der Waals surface area contributed by atoms with Crippen LogP contribution < -0.4 is 10.2 Å². The Morgan fingerprint density at radius 3 is 3.00 bits per heavy atom. The molecule has 1 fully saturated rings. The quantitative estimate of drug-likeness (QED) is 0.687. The number of hydrogen-bond donors (Lipinski definition) is 1. The SMILES string of the molecule is CCCCn1c(N2CCC[C@H](C(=O)NCCCOC)C2)nc2ccccc21. The average molecular weight is 373 g/mol. The van der Waals surface area contributed by atoms with E-state index in [0.717, 1.165) is 63.2 Å². The number of imidazole rings is 1. The smallest absolute Gasteiger partial charge is 0.224 e. The first kappa shape index (κ1) is 19.7. The zero-order valence-electron chi connectivity index (χ0n) is 16.6. The zero-order chi connectivity index (χ0) is 19.1. The number of para-hydroxylation sites is 2. The van der Waals surface area contributed by atoms with E-state index in [1.807, 2.05) is 6.07 Å². The molecule has 1 aliphatic heterocycles. The van der Waals surface area contributed by atoms with Crippen LogP contribution in [0.5, 0.6) is 0 Å². The molecule has 27 heavy (non-hydrogen) atoms. The van der Waals surface area contributed by atoms with Gasteiger partial charge in [0.2, 0.25) is 11.9 Å². The average Bonchev–Trinajstić information content (AvgIpc) is 3.08. The van der Waals surface area contributed by atoms with Gasteiger partial charge in [-0.2, -0.15) is 0 Å². The highest BCUT2D eigenvalue weighted by Gasteiger charge is 2.28. The number of aromatic nitrogens is 2. The van der Waals surface area contributed by atoms with Crippen LogP contribution in [0.15, 0.2) is 24.3 Å². The number of hydrogen-bond acceptors (Lipinski definition) is 4. The molecule has 1 atom stereocenters. The second-order valence-electron chi connectivity index (χ2n) is 7.33. The first-order valence-electron chi connectivity index (χ1n) is 10.2. The van der Waals surface area contributed by atoms with Gasteiger partial charge in [-0.05, 0) is 37.8 Å². The molecule has 1 aromatic heterocycles. The molecule has 1 amide bonds. The normalized spacial score (nSPS) is 17.4. The van der Waals surface area contributed by atoms with Gasteiger partial charge in [0.15, 0.2) is 0 Å². The summed E-state index contributed by atoms with van der Waals surface area (Å²) in [5.41, 5.74) is 2.22. The third kappa shape index (κ3) is 4.80. The Morgan fingerprint density at radius 2 is 2.19 bits per heavy atom. The van der Waals surface area contributed by atoms with Crippen LogP contribution in [0.1, 0.15) is 39.0 Å². The van der Waals surface area contributed by atoms with Gasteiger partial charge in [0, 0.05) is 39.9 Å². The summed E-state index contributed by atoms with van der Waals surface area (Å²) in [7, 11) is 1.69. The van der Waals surface area contributed by atoms with Gasteiger partial charge in [0.05, 0.1) is 17.0 Å². The maximum atomic E-state index is 12.6. The van der Waals surface area contributed by atoms with Gasteiger partial charge in [-0.25, -0.2) is 4.98 Å². The number of nitrogens with one attached hydrogen (secondary N) is 1. The van der Waals surface area contributed by atoms with E-state index < -0.39 is 0 Å². The Kier molecular flexibility index (Phi) is 7.10. The molecule has 3 rings (SSSR count). The molecule has 148 valence electrons. The van der Waals surface area contributed by atoms with E-state index in [-0.39, 0.29) is 11.8 Å². The summed E-state index contributed by atoms with van der Waals surface area (Å²) < 4.78 is 7.38. The molecule has 0 bridgehead atoms. The van der Waals surface area contributed by atoms with Gasteiger partial charge in [-0.1, -0.05) is 25.5 Å². The van der Waals surface area contributed by atoms with Crippen LogP contribution in [0.4, 0.5) is 5.95 Å². The number of ether oxygens (including phenoxy) is 1. The third-order valence-corrected chi connectivity index (χ3v) is 5.27. The van der Waals surface area contributed by atoms with E-state index in [2.05, 4.69) is 39.9 Å². The zero-order valence-corrected chi connectivity index (χ0v) is 16.6. The maximum Gasteiger partial charge on any atom is 0.224 e. The number of anilines is 1. The number of piperidine rings is 1. The number of methoxy groups -OCH3 is 1. The van der Waals surface area contributed by atoms with Gasteiger partial charge in [-0.15, -0.1) is 0 Å². The van der Waals surface area contributed by atoms with Crippen LogP contribution in [-0.4, -0.2) is 48.8 Å². The van der Waals surface area contributed by atoms with Crippen molar-refractivity contribution in [2.24, 2.45) is 5.92 Å². The molecule has 0 aliphatic carbocycles. The number of rotatable bonds is 9. The second kappa shape index (κ2) is 9.74. The molecule has 0 unspecified atom stereocenters. The van der Waals surface area contributed by atoms with Crippen molar-refractivity contribution in [1.29, 1.82) is 0 Å². The molecule has 1 aliphatic rings. The summed E-state index contributed by atoms with van der Waals surface area (Å²) in [4.78, 5) is 19.8. The molecule has 0 radical (unpaired) electrons. The van der Waals surface area contributed by atoms with E-state index >= 15 is 0 Å². The maximum absolute atomic E-state index is 12.6. The fraction of sp³-hybridized carbons (Fsp3) is 0.619. The van der Waals surface area contributed by atoms with Gasteiger partial charge < -0.3 is 19.5 Å². The van der Waals surface area contributed by atoms with Crippen LogP contribution in [0.3, 0.4) is 0 Å². The van der Waals surface area contributed by atoms with Gasteiger partial charge in [0.1, 0.15) is 0 Å². The van der Waals surface area contributed by atoms with Crippen LogP contribution in [0.25, 0.3) is 11.0 Å². The van der Waals surface area contributed by atoms with Crippen molar-refractivity contribution in [1.82, 2.24) is 14.9 Å². The molecular weight excluding hydrogens is 340 g/mol. The van der Waals surface area contributed by atoms with Crippen molar-refractivity contribution >= 4 is 22.9 Å².